The van der Waals surface area contributed by atoms with Crippen molar-refractivity contribution in [1.29, 1.82) is 0 Å². The Hall–Kier alpha value is -2.47. The van der Waals surface area contributed by atoms with Crippen LogP contribution in [-0.4, -0.2) is 35.8 Å². The summed E-state index contributed by atoms with van der Waals surface area (Å²) in [6.45, 7) is 2.81. The predicted molar refractivity (Wildman–Crippen MR) is 107 cm³/mol. The monoisotopic (exact) mass is 378 g/mol. The summed E-state index contributed by atoms with van der Waals surface area (Å²) in [7, 11) is 1.82. The van der Waals surface area contributed by atoms with E-state index in [4.69, 9.17) is 20.2 Å². The molecule has 0 unspecified atom stereocenters. The number of benzene rings is 1. The van der Waals surface area contributed by atoms with Crippen molar-refractivity contribution in [2.24, 2.45) is 22.1 Å². The van der Waals surface area contributed by atoms with E-state index < -0.39 is 5.54 Å². The van der Waals surface area contributed by atoms with Crippen molar-refractivity contribution in [2.45, 2.75) is 44.2 Å². The van der Waals surface area contributed by atoms with Gasteiger partial charge in [-0.1, -0.05) is 19.1 Å². The summed E-state index contributed by atoms with van der Waals surface area (Å²) < 4.78 is 11.5. The second kappa shape index (κ2) is 6.27. The Morgan fingerprint density at radius 2 is 2.18 bits per heavy atom. The molecule has 28 heavy (non-hydrogen) atoms. The van der Waals surface area contributed by atoms with Crippen molar-refractivity contribution in [3.8, 4) is 11.3 Å². The van der Waals surface area contributed by atoms with Crippen LogP contribution >= 0.6 is 0 Å². The van der Waals surface area contributed by atoms with E-state index in [1.165, 1.54) is 11.1 Å². The molecular formula is C22H26N4O2. The first-order valence-corrected chi connectivity index (χ1v) is 9.98. The first kappa shape index (κ1) is 17.6. The minimum absolute atomic E-state index is 0.0197. The van der Waals surface area contributed by atoms with E-state index in [-0.39, 0.29) is 5.41 Å². The maximum Gasteiger partial charge on any atom is 0.283 e. The molecular weight excluding hydrogens is 352 g/mol. The quantitative estimate of drug-likeness (QED) is 0.868. The smallest absolute Gasteiger partial charge is 0.283 e. The fraction of sp³-hybridized carbons (Fsp3) is 0.500. The molecule has 5 rings (SSSR count). The van der Waals surface area contributed by atoms with Gasteiger partial charge in [-0.25, -0.2) is 4.99 Å². The average Bonchev–Trinajstić information content (AvgIpc) is 3.22. The van der Waals surface area contributed by atoms with Gasteiger partial charge in [-0.05, 0) is 48.8 Å². The lowest BCUT2D eigenvalue weighted by Crippen LogP contribution is -2.48. The molecule has 2 N–H and O–H groups in total. The van der Waals surface area contributed by atoms with Gasteiger partial charge in [0.05, 0.1) is 18.0 Å². The van der Waals surface area contributed by atoms with Gasteiger partial charge in [0, 0.05) is 30.5 Å². The molecule has 0 bridgehead atoms. The molecule has 1 aliphatic heterocycles. The summed E-state index contributed by atoms with van der Waals surface area (Å²) >= 11 is 0. The molecule has 4 atom stereocenters. The fourth-order valence-corrected chi connectivity index (χ4v) is 5.80. The van der Waals surface area contributed by atoms with Crippen molar-refractivity contribution in [3.63, 3.8) is 0 Å². The van der Waals surface area contributed by atoms with Gasteiger partial charge in [-0.2, -0.15) is 0 Å². The molecule has 2 spiro atoms. The Morgan fingerprint density at radius 3 is 2.86 bits per heavy atom. The molecule has 1 aromatic carbocycles. The minimum Gasteiger partial charge on any atom is -0.462 e. The van der Waals surface area contributed by atoms with Crippen LogP contribution in [0.1, 0.15) is 37.3 Å². The van der Waals surface area contributed by atoms with E-state index in [9.17, 15) is 0 Å². The molecule has 2 aromatic rings. The van der Waals surface area contributed by atoms with Crippen molar-refractivity contribution in [1.82, 2.24) is 9.97 Å². The van der Waals surface area contributed by atoms with Gasteiger partial charge in [0.15, 0.2) is 0 Å². The van der Waals surface area contributed by atoms with Gasteiger partial charge in [-0.15, -0.1) is 0 Å². The number of fused-ring (bicyclic) bond motifs is 3. The molecule has 146 valence electrons. The van der Waals surface area contributed by atoms with E-state index >= 15 is 0 Å². The highest BCUT2D eigenvalue weighted by atomic mass is 16.5. The van der Waals surface area contributed by atoms with Crippen LogP contribution in [-0.2, 0) is 21.4 Å². The van der Waals surface area contributed by atoms with Crippen LogP contribution in [0.4, 0.5) is 0 Å². The summed E-state index contributed by atoms with van der Waals surface area (Å²) in [5.74, 6) is 0.474. The SMILES string of the molecule is CO[C@@H]1CC[C@]2(Cc3ccc(-c4cnccn4)cc3[C@@]23COC(N)=N3)C[C@H]1C. The maximum absolute atomic E-state index is 6.05. The van der Waals surface area contributed by atoms with Crippen LogP contribution in [0.25, 0.3) is 11.3 Å². The number of nitrogens with zero attached hydrogens (tertiary/aromatic N) is 3. The number of nitrogens with two attached hydrogens (primary N) is 1. The topological polar surface area (TPSA) is 82.6 Å². The minimum atomic E-state index is -0.419. The third-order valence-corrected chi connectivity index (χ3v) is 7.11. The Morgan fingerprint density at radius 1 is 1.29 bits per heavy atom. The van der Waals surface area contributed by atoms with Gasteiger partial charge in [0.2, 0.25) is 0 Å². The Labute approximate surface area is 165 Å². The van der Waals surface area contributed by atoms with Crippen LogP contribution < -0.4 is 5.73 Å². The molecule has 0 saturated heterocycles. The number of hydrogen-bond donors (Lipinski definition) is 1. The highest BCUT2D eigenvalue weighted by Gasteiger charge is 2.62. The second-order valence-electron chi connectivity index (χ2n) is 8.51. The summed E-state index contributed by atoms with van der Waals surface area (Å²) in [6, 6.07) is 6.90. The van der Waals surface area contributed by atoms with Gasteiger partial charge < -0.3 is 15.2 Å². The van der Waals surface area contributed by atoms with Gasteiger partial charge in [-0.3, -0.25) is 9.97 Å². The number of amidine groups is 1. The molecule has 0 radical (unpaired) electrons. The highest BCUT2D eigenvalue weighted by molar-refractivity contribution is 5.75. The van der Waals surface area contributed by atoms with Gasteiger partial charge >= 0.3 is 0 Å². The average molecular weight is 378 g/mol. The highest BCUT2D eigenvalue weighted by Crippen LogP contribution is 2.62. The number of aromatic nitrogens is 2. The zero-order chi connectivity index (χ0) is 19.4. The van der Waals surface area contributed by atoms with E-state index in [1.54, 1.807) is 18.6 Å². The van der Waals surface area contributed by atoms with Crippen molar-refractivity contribution >= 4 is 6.02 Å². The summed E-state index contributed by atoms with van der Waals surface area (Å²) in [5.41, 5.74) is 10.2. The van der Waals surface area contributed by atoms with Gasteiger partial charge in [0.1, 0.15) is 12.1 Å². The van der Waals surface area contributed by atoms with Crippen molar-refractivity contribution < 1.29 is 9.47 Å². The third-order valence-electron chi connectivity index (χ3n) is 7.11. The molecule has 6 nitrogen and oxygen atoms in total. The van der Waals surface area contributed by atoms with E-state index in [1.807, 2.05) is 7.11 Å². The second-order valence-corrected chi connectivity index (χ2v) is 8.51. The van der Waals surface area contributed by atoms with Crippen LogP contribution in [0.2, 0.25) is 0 Å². The first-order valence-electron chi connectivity index (χ1n) is 9.98. The van der Waals surface area contributed by atoms with Gasteiger partial charge in [0.25, 0.3) is 6.02 Å². The Balaban J connectivity index is 1.62. The van der Waals surface area contributed by atoms with E-state index in [0.29, 0.717) is 24.7 Å². The molecule has 2 aliphatic carbocycles. The zero-order valence-electron chi connectivity index (χ0n) is 16.4. The summed E-state index contributed by atoms with van der Waals surface area (Å²) in [4.78, 5) is 13.6. The van der Waals surface area contributed by atoms with E-state index in [0.717, 1.165) is 36.9 Å². The molecule has 1 fully saturated rings. The Kier molecular flexibility index (Phi) is 3.95. The molecule has 1 aromatic heterocycles. The summed E-state index contributed by atoms with van der Waals surface area (Å²) in [6.07, 6.45) is 9.69. The largest absolute Gasteiger partial charge is 0.462 e. The van der Waals surface area contributed by atoms with Crippen LogP contribution in [0.5, 0.6) is 0 Å². The number of ether oxygens (including phenoxy) is 2. The van der Waals surface area contributed by atoms with E-state index in [2.05, 4.69) is 35.1 Å². The number of aliphatic imine (C=N–C) groups is 1. The van der Waals surface area contributed by atoms with Crippen LogP contribution in [0.3, 0.4) is 0 Å². The third kappa shape index (κ3) is 2.40. The lowest BCUT2D eigenvalue weighted by molar-refractivity contribution is -0.0445. The maximum atomic E-state index is 6.05. The van der Waals surface area contributed by atoms with Crippen molar-refractivity contribution in [2.75, 3.05) is 13.7 Å². The number of hydrogen-bond acceptors (Lipinski definition) is 6. The molecule has 6 heteroatoms. The number of methoxy groups -OCH3 is 1. The lowest BCUT2D eigenvalue weighted by Gasteiger charge is -2.47. The molecule has 0 amide bonds. The number of rotatable bonds is 2. The van der Waals surface area contributed by atoms with Crippen molar-refractivity contribution in [3.05, 3.63) is 47.9 Å². The summed E-state index contributed by atoms with van der Waals surface area (Å²) in [5, 5.41) is 0. The standard InChI is InChI=1S/C22H26N4O2/c1-14-10-21(6-5-19(14)27-2)11-16-4-3-15(18-12-24-7-8-25-18)9-17(16)22(21)13-28-20(23)26-22/h3-4,7-9,12,14,19H,5-6,10-11,13H2,1-2H3,(H2,23,26)/t14-,19-,21-,22+/m1/s1. The first-order chi connectivity index (χ1) is 13.6. The fourth-order valence-electron chi connectivity index (χ4n) is 5.80. The molecule has 2 heterocycles. The van der Waals surface area contributed by atoms with Crippen LogP contribution in [0, 0.1) is 11.3 Å². The predicted octanol–water partition coefficient (Wildman–Crippen LogP) is 3.06. The van der Waals surface area contributed by atoms with Crippen LogP contribution in [0.15, 0.2) is 41.8 Å². The lowest BCUT2D eigenvalue weighted by atomic mass is 9.59. The molecule has 1 saturated carbocycles. The molecule has 3 aliphatic rings. The Bertz CT molecular complexity index is 931. The zero-order valence-corrected chi connectivity index (χ0v) is 16.4. The normalized spacial score (nSPS) is 33.7.